The maximum absolute atomic E-state index is 11.9. The van der Waals surface area contributed by atoms with Crippen molar-refractivity contribution in [3.8, 4) is 0 Å². The predicted octanol–water partition coefficient (Wildman–Crippen LogP) is 1.63. The molecule has 0 radical (unpaired) electrons. The highest BCUT2D eigenvalue weighted by molar-refractivity contribution is 7.90. The molecule has 0 bridgehead atoms. The average molecular weight is 320 g/mol. The number of halogens is 1. The van der Waals surface area contributed by atoms with Crippen LogP contribution in [-0.2, 0) is 9.84 Å². The van der Waals surface area contributed by atoms with Crippen LogP contribution in [0.2, 0.25) is 5.02 Å². The molecule has 1 rings (SSSR count). The standard InChI is InChI=1S/C13H18ClNO4S/c1-4-13(2,17)8-15-12(16)9-5-6-10(14)11(7-9)20(3,18)19/h5-7,17H,4,8H2,1-3H3,(H,15,16). The number of nitrogens with one attached hydrogen (secondary N) is 1. The Hall–Kier alpha value is -1.11. The number of benzene rings is 1. The van der Waals surface area contributed by atoms with E-state index in [1.807, 2.05) is 0 Å². The van der Waals surface area contributed by atoms with Gasteiger partial charge < -0.3 is 10.4 Å². The highest BCUT2D eigenvalue weighted by atomic mass is 35.5. The zero-order chi connectivity index (χ0) is 15.6. The second kappa shape index (κ2) is 6.11. The lowest BCUT2D eigenvalue weighted by molar-refractivity contribution is 0.0518. The highest BCUT2D eigenvalue weighted by Crippen LogP contribution is 2.22. The van der Waals surface area contributed by atoms with Gasteiger partial charge in [-0.15, -0.1) is 0 Å². The van der Waals surface area contributed by atoms with E-state index in [9.17, 15) is 18.3 Å². The van der Waals surface area contributed by atoms with Gasteiger partial charge >= 0.3 is 0 Å². The van der Waals surface area contributed by atoms with Crippen LogP contribution in [0.25, 0.3) is 0 Å². The lowest BCUT2D eigenvalue weighted by Crippen LogP contribution is -2.40. The normalized spacial score (nSPS) is 14.7. The molecule has 5 nitrogen and oxygen atoms in total. The fourth-order valence-electron chi connectivity index (χ4n) is 1.43. The van der Waals surface area contributed by atoms with Crippen LogP contribution in [0.4, 0.5) is 0 Å². The topological polar surface area (TPSA) is 83.5 Å². The maximum atomic E-state index is 11.9. The Morgan fingerprint density at radius 3 is 2.55 bits per heavy atom. The van der Waals surface area contributed by atoms with Gasteiger partial charge in [-0.25, -0.2) is 8.42 Å². The van der Waals surface area contributed by atoms with E-state index in [0.29, 0.717) is 6.42 Å². The Balaban J connectivity index is 2.96. The van der Waals surface area contributed by atoms with E-state index >= 15 is 0 Å². The minimum atomic E-state index is -3.50. The van der Waals surface area contributed by atoms with Crippen LogP contribution in [0, 0.1) is 0 Å². The minimum absolute atomic E-state index is 0.0737. The van der Waals surface area contributed by atoms with Crippen molar-refractivity contribution in [2.24, 2.45) is 0 Å². The van der Waals surface area contributed by atoms with Crippen molar-refractivity contribution < 1.29 is 18.3 Å². The molecule has 0 spiro atoms. The number of hydrogen-bond donors (Lipinski definition) is 2. The Bertz CT molecular complexity index is 611. The van der Waals surface area contributed by atoms with Crippen molar-refractivity contribution in [1.29, 1.82) is 0 Å². The summed E-state index contributed by atoms with van der Waals surface area (Å²) in [6.45, 7) is 3.49. The van der Waals surface area contributed by atoms with Gasteiger partial charge in [0.05, 0.1) is 15.5 Å². The third-order valence-corrected chi connectivity index (χ3v) is 4.56. The third-order valence-electron chi connectivity index (χ3n) is 2.98. The molecule has 0 aliphatic carbocycles. The van der Waals surface area contributed by atoms with Gasteiger partial charge in [-0.2, -0.15) is 0 Å². The van der Waals surface area contributed by atoms with Gasteiger partial charge in [0.1, 0.15) is 0 Å². The first-order chi connectivity index (χ1) is 9.07. The van der Waals surface area contributed by atoms with Gasteiger partial charge in [-0.1, -0.05) is 18.5 Å². The smallest absolute Gasteiger partial charge is 0.251 e. The predicted molar refractivity (Wildman–Crippen MR) is 77.8 cm³/mol. The molecule has 0 saturated heterocycles. The van der Waals surface area contributed by atoms with Crippen molar-refractivity contribution in [3.63, 3.8) is 0 Å². The van der Waals surface area contributed by atoms with Crippen molar-refractivity contribution in [1.82, 2.24) is 5.32 Å². The molecule has 1 aromatic carbocycles. The molecule has 1 unspecified atom stereocenters. The van der Waals surface area contributed by atoms with Gasteiger partial charge in [0.2, 0.25) is 0 Å². The summed E-state index contributed by atoms with van der Waals surface area (Å²) in [5, 5.41) is 12.5. The lowest BCUT2D eigenvalue weighted by Gasteiger charge is -2.21. The number of hydrogen-bond acceptors (Lipinski definition) is 4. The van der Waals surface area contributed by atoms with Gasteiger partial charge in [0, 0.05) is 18.4 Å². The summed E-state index contributed by atoms with van der Waals surface area (Å²) in [6.07, 6.45) is 1.51. The molecule has 0 fully saturated rings. The lowest BCUT2D eigenvalue weighted by atomic mass is 10.0. The van der Waals surface area contributed by atoms with Crippen molar-refractivity contribution in [2.75, 3.05) is 12.8 Å². The summed E-state index contributed by atoms with van der Waals surface area (Å²) in [7, 11) is -3.50. The average Bonchev–Trinajstić information content (AvgIpc) is 2.35. The summed E-state index contributed by atoms with van der Waals surface area (Å²) < 4.78 is 23.1. The Labute approximate surface area is 123 Å². The van der Waals surface area contributed by atoms with E-state index in [4.69, 9.17) is 11.6 Å². The molecule has 2 N–H and O–H groups in total. The molecule has 112 valence electrons. The second-order valence-corrected chi connectivity index (χ2v) is 7.34. The Morgan fingerprint density at radius 2 is 2.05 bits per heavy atom. The van der Waals surface area contributed by atoms with Crippen molar-refractivity contribution in [3.05, 3.63) is 28.8 Å². The first-order valence-corrected chi connectivity index (χ1v) is 8.34. The fraction of sp³-hybridized carbons (Fsp3) is 0.462. The first-order valence-electron chi connectivity index (χ1n) is 6.07. The van der Waals surface area contributed by atoms with E-state index in [2.05, 4.69) is 5.32 Å². The van der Waals surface area contributed by atoms with Crippen LogP contribution >= 0.6 is 11.6 Å². The minimum Gasteiger partial charge on any atom is -0.388 e. The van der Waals surface area contributed by atoms with Crippen molar-refractivity contribution >= 4 is 27.3 Å². The van der Waals surface area contributed by atoms with Crippen molar-refractivity contribution in [2.45, 2.75) is 30.8 Å². The van der Waals surface area contributed by atoms with E-state index in [-0.39, 0.29) is 22.0 Å². The van der Waals surface area contributed by atoms with Gasteiger partial charge in [0.25, 0.3) is 5.91 Å². The molecule has 0 aromatic heterocycles. The summed E-state index contributed by atoms with van der Waals surface area (Å²) in [5.74, 6) is -0.458. The fourth-order valence-corrected chi connectivity index (χ4v) is 2.73. The number of carbonyl (C=O) groups is 1. The molecular formula is C13H18ClNO4S. The molecule has 0 saturated carbocycles. The Morgan fingerprint density at radius 1 is 1.45 bits per heavy atom. The summed E-state index contributed by atoms with van der Waals surface area (Å²) in [5.41, 5.74) is -0.816. The molecule has 1 aromatic rings. The number of aliphatic hydroxyl groups is 1. The van der Waals surface area contributed by atoms with Gasteiger partial charge in [0.15, 0.2) is 9.84 Å². The first kappa shape index (κ1) is 16.9. The Kier molecular flexibility index (Phi) is 5.18. The quantitative estimate of drug-likeness (QED) is 0.864. The number of rotatable bonds is 5. The molecule has 0 aliphatic rings. The number of sulfone groups is 1. The van der Waals surface area contributed by atoms with Crippen LogP contribution in [0.1, 0.15) is 30.6 Å². The van der Waals surface area contributed by atoms with Gasteiger partial charge in [-0.05, 0) is 31.5 Å². The summed E-state index contributed by atoms with van der Waals surface area (Å²) in [4.78, 5) is 11.8. The maximum Gasteiger partial charge on any atom is 0.251 e. The van der Waals surface area contributed by atoms with Gasteiger partial charge in [-0.3, -0.25) is 4.79 Å². The molecule has 7 heteroatoms. The number of carbonyl (C=O) groups excluding carboxylic acids is 1. The highest BCUT2D eigenvalue weighted by Gasteiger charge is 2.20. The zero-order valence-electron chi connectivity index (χ0n) is 11.6. The SMILES string of the molecule is CCC(C)(O)CNC(=O)c1ccc(Cl)c(S(C)(=O)=O)c1. The van der Waals surface area contributed by atoms with E-state index < -0.39 is 21.3 Å². The van der Waals surface area contributed by atoms with Crippen LogP contribution in [-0.4, -0.2) is 37.8 Å². The van der Waals surface area contributed by atoms with E-state index in [1.165, 1.54) is 18.2 Å². The molecule has 1 amide bonds. The largest absolute Gasteiger partial charge is 0.388 e. The molecule has 20 heavy (non-hydrogen) atoms. The van der Waals surface area contributed by atoms with Crippen LogP contribution in [0.5, 0.6) is 0 Å². The van der Waals surface area contributed by atoms with Crippen LogP contribution in [0.15, 0.2) is 23.1 Å². The van der Waals surface area contributed by atoms with Crippen LogP contribution in [0.3, 0.4) is 0 Å². The monoisotopic (exact) mass is 319 g/mol. The van der Waals surface area contributed by atoms with E-state index in [1.54, 1.807) is 13.8 Å². The summed E-state index contributed by atoms with van der Waals surface area (Å²) in [6, 6.07) is 4.03. The molecule has 0 aliphatic heterocycles. The molecular weight excluding hydrogens is 302 g/mol. The molecule has 1 atom stereocenters. The third kappa shape index (κ3) is 4.47. The second-order valence-electron chi connectivity index (χ2n) is 4.95. The number of amides is 1. The zero-order valence-corrected chi connectivity index (χ0v) is 13.2. The summed E-state index contributed by atoms with van der Waals surface area (Å²) >= 11 is 5.81. The van der Waals surface area contributed by atoms with Crippen LogP contribution < -0.4 is 5.32 Å². The van der Waals surface area contributed by atoms with E-state index in [0.717, 1.165) is 6.26 Å². The molecule has 0 heterocycles.